The van der Waals surface area contributed by atoms with Gasteiger partial charge >= 0.3 is 0 Å². The molecule has 0 aliphatic carbocycles. The first kappa shape index (κ1) is 21.6. The molecule has 0 radical (unpaired) electrons. The van der Waals surface area contributed by atoms with Crippen LogP contribution in [0.1, 0.15) is 41.8 Å². The number of carbonyl (C=O) groups is 1. The Morgan fingerprint density at radius 1 is 1.17 bits per heavy atom. The molecule has 0 unspecified atom stereocenters. The Kier molecular flexibility index (Phi) is 7.14. The molecule has 2 aromatic heterocycles. The molecule has 0 fully saturated rings. The molecule has 29 heavy (non-hydrogen) atoms. The van der Waals surface area contributed by atoms with Crippen LogP contribution in [0.2, 0.25) is 0 Å². The summed E-state index contributed by atoms with van der Waals surface area (Å²) in [5, 5.41) is 14.9. The summed E-state index contributed by atoms with van der Waals surface area (Å²) in [5.41, 5.74) is 5.54. The van der Waals surface area contributed by atoms with E-state index < -0.39 is 0 Å². The maximum atomic E-state index is 12.6. The molecule has 0 spiro atoms. The van der Waals surface area contributed by atoms with Gasteiger partial charge in [0.25, 0.3) is 0 Å². The lowest BCUT2D eigenvalue weighted by atomic mass is 10.1. The number of aryl methyl sites for hydroxylation is 3. The van der Waals surface area contributed by atoms with E-state index in [-0.39, 0.29) is 5.91 Å². The van der Waals surface area contributed by atoms with Crippen molar-refractivity contribution in [1.29, 1.82) is 0 Å². The number of amides is 1. The molecule has 0 saturated heterocycles. The lowest BCUT2D eigenvalue weighted by molar-refractivity contribution is -0.113. The molecule has 5 nitrogen and oxygen atoms in total. The van der Waals surface area contributed by atoms with Crippen LogP contribution in [0.15, 0.2) is 28.7 Å². The van der Waals surface area contributed by atoms with Gasteiger partial charge in [-0.05, 0) is 50.3 Å². The number of carbonyl (C=O) groups excluding carboxylic acids is 1. The second-order valence-corrected chi connectivity index (χ2v) is 9.13. The lowest BCUT2D eigenvalue weighted by Crippen LogP contribution is -2.16. The van der Waals surface area contributed by atoms with Crippen molar-refractivity contribution in [2.75, 3.05) is 11.1 Å². The third-order valence-electron chi connectivity index (χ3n) is 4.94. The van der Waals surface area contributed by atoms with Crippen molar-refractivity contribution in [3.8, 4) is 11.4 Å². The van der Waals surface area contributed by atoms with Gasteiger partial charge in [-0.1, -0.05) is 43.8 Å². The number of hydrogen-bond donors (Lipinski definition) is 1. The molecule has 154 valence electrons. The number of nitrogens with one attached hydrogen (secondary N) is 1. The van der Waals surface area contributed by atoms with E-state index in [0.29, 0.717) is 5.75 Å². The number of hydrogen-bond acceptors (Lipinski definition) is 5. The van der Waals surface area contributed by atoms with Crippen molar-refractivity contribution >= 4 is 34.7 Å². The average molecular weight is 429 g/mol. The number of aromatic nitrogens is 3. The molecule has 0 saturated carbocycles. The molecular weight excluding hydrogens is 400 g/mol. The van der Waals surface area contributed by atoms with Crippen LogP contribution in [-0.2, 0) is 17.8 Å². The molecule has 1 aromatic carbocycles. The van der Waals surface area contributed by atoms with Gasteiger partial charge in [0, 0.05) is 28.1 Å². The van der Waals surface area contributed by atoms with Gasteiger partial charge in [0.2, 0.25) is 5.91 Å². The Labute approximate surface area is 180 Å². The zero-order chi connectivity index (χ0) is 21.0. The highest BCUT2D eigenvalue weighted by molar-refractivity contribution is 7.99. The largest absolute Gasteiger partial charge is 0.325 e. The number of rotatable bonds is 8. The normalized spacial score (nSPS) is 11.1. The highest BCUT2D eigenvalue weighted by Crippen LogP contribution is 2.33. The van der Waals surface area contributed by atoms with Crippen molar-refractivity contribution < 1.29 is 4.79 Å². The van der Waals surface area contributed by atoms with Gasteiger partial charge in [-0.25, -0.2) is 0 Å². The van der Waals surface area contributed by atoms with Crippen LogP contribution >= 0.6 is 23.1 Å². The number of nitrogens with zero attached hydrogens (tertiary/aromatic N) is 3. The van der Waals surface area contributed by atoms with E-state index in [2.05, 4.69) is 46.2 Å². The molecule has 7 heteroatoms. The molecular formula is C22H28N4OS2. The summed E-state index contributed by atoms with van der Waals surface area (Å²) in [6.45, 7) is 11.3. The predicted octanol–water partition coefficient (Wildman–Crippen LogP) is 5.64. The van der Waals surface area contributed by atoms with E-state index in [1.165, 1.54) is 27.8 Å². The Morgan fingerprint density at radius 2 is 1.90 bits per heavy atom. The Hall–Kier alpha value is -2.12. The van der Waals surface area contributed by atoms with Crippen molar-refractivity contribution in [3.05, 3.63) is 45.1 Å². The monoisotopic (exact) mass is 428 g/mol. The Balaban J connectivity index is 1.77. The van der Waals surface area contributed by atoms with Gasteiger partial charge in [-0.3, -0.25) is 4.79 Å². The van der Waals surface area contributed by atoms with Gasteiger partial charge < -0.3 is 9.88 Å². The van der Waals surface area contributed by atoms with Crippen LogP contribution in [-0.4, -0.2) is 26.4 Å². The molecule has 2 heterocycles. The van der Waals surface area contributed by atoms with E-state index in [0.717, 1.165) is 47.2 Å². The number of thioether (sulfide) groups is 1. The molecule has 0 bridgehead atoms. The van der Waals surface area contributed by atoms with Crippen LogP contribution in [0.4, 0.5) is 5.69 Å². The van der Waals surface area contributed by atoms with Gasteiger partial charge in [0.05, 0.1) is 5.75 Å². The molecule has 1 N–H and O–H groups in total. The minimum Gasteiger partial charge on any atom is -0.325 e. The van der Waals surface area contributed by atoms with Crippen molar-refractivity contribution in [1.82, 2.24) is 14.8 Å². The fourth-order valence-electron chi connectivity index (χ4n) is 3.44. The Bertz CT molecular complexity index is 986. The first-order chi connectivity index (χ1) is 14.0. The highest BCUT2D eigenvalue weighted by Gasteiger charge is 2.19. The third kappa shape index (κ3) is 4.73. The van der Waals surface area contributed by atoms with E-state index in [4.69, 9.17) is 0 Å². The van der Waals surface area contributed by atoms with Crippen LogP contribution in [0, 0.1) is 20.8 Å². The first-order valence-corrected chi connectivity index (χ1v) is 11.8. The summed E-state index contributed by atoms with van der Waals surface area (Å²) in [4.78, 5) is 13.9. The number of benzene rings is 1. The van der Waals surface area contributed by atoms with Crippen molar-refractivity contribution in [2.45, 2.75) is 59.2 Å². The second kappa shape index (κ2) is 9.59. The summed E-state index contributed by atoms with van der Waals surface area (Å²) in [5.74, 6) is 1.19. The molecule has 0 atom stereocenters. The lowest BCUT2D eigenvalue weighted by Gasteiger charge is -2.12. The first-order valence-electron chi connectivity index (χ1n) is 9.95. The maximum absolute atomic E-state index is 12.6. The van der Waals surface area contributed by atoms with Crippen molar-refractivity contribution in [2.24, 2.45) is 0 Å². The quantitative estimate of drug-likeness (QED) is 0.472. The van der Waals surface area contributed by atoms with Gasteiger partial charge in [0.15, 0.2) is 11.0 Å². The summed E-state index contributed by atoms with van der Waals surface area (Å²) in [6, 6.07) is 6.02. The maximum Gasteiger partial charge on any atom is 0.234 e. The van der Waals surface area contributed by atoms with E-state index >= 15 is 0 Å². The SMILES string of the molecule is CCCn1c(SCC(=O)Nc2c(C)cccc2C)nnc1-c1csc(C)c1CC. The minimum absolute atomic E-state index is 0.0272. The van der Waals surface area contributed by atoms with Crippen molar-refractivity contribution in [3.63, 3.8) is 0 Å². The molecule has 0 aliphatic rings. The van der Waals surface area contributed by atoms with E-state index in [1.54, 1.807) is 11.3 Å². The fraction of sp³-hybridized carbons (Fsp3) is 0.409. The number of thiophene rings is 1. The molecule has 3 rings (SSSR count). The topological polar surface area (TPSA) is 59.8 Å². The number of para-hydroxylation sites is 1. The summed E-state index contributed by atoms with van der Waals surface area (Å²) in [7, 11) is 0. The molecule has 1 amide bonds. The summed E-state index contributed by atoms with van der Waals surface area (Å²) >= 11 is 3.20. The van der Waals surface area contributed by atoms with Gasteiger partial charge in [0.1, 0.15) is 0 Å². The molecule has 0 aliphatic heterocycles. The van der Waals surface area contributed by atoms with E-state index in [1.807, 2.05) is 32.0 Å². The minimum atomic E-state index is -0.0272. The molecule has 3 aromatic rings. The smallest absolute Gasteiger partial charge is 0.234 e. The van der Waals surface area contributed by atoms with Gasteiger partial charge in [-0.2, -0.15) is 0 Å². The Morgan fingerprint density at radius 3 is 2.55 bits per heavy atom. The second-order valence-electron chi connectivity index (χ2n) is 7.10. The number of anilines is 1. The summed E-state index contributed by atoms with van der Waals surface area (Å²) < 4.78 is 2.15. The highest BCUT2D eigenvalue weighted by atomic mass is 32.2. The third-order valence-corrected chi connectivity index (χ3v) is 6.86. The fourth-order valence-corrected chi connectivity index (χ4v) is 5.15. The van der Waals surface area contributed by atoms with Crippen LogP contribution in [0.25, 0.3) is 11.4 Å². The zero-order valence-corrected chi connectivity index (χ0v) is 19.3. The van der Waals surface area contributed by atoms with E-state index in [9.17, 15) is 4.79 Å². The summed E-state index contributed by atoms with van der Waals surface area (Å²) in [6.07, 6.45) is 1.96. The zero-order valence-electron chi connectivity index (χ0n) is 17.7. The standard InChI is InChI=1S/C22H28N4OS2/c1-6-11-26-21(18-12-28-16(5)17(18)7-2)24-25-22(26)29-13-19(27)23-20-14(3)9-8-10-15(20)4/h8-10,12H,6-7,11,13H2,1-5H3,(H,23,27). The van der Waals surface area contributed by atoms with Crippen LogP contribution in [0.5, 0.6) is 0 Å². The van der Waals surface area contributed by atoms with Crippen LogP contribution in [0.3, 0.4) is 0 Å². The average Bonchev–Trinajstić information content (AvgIpc) is 3.26. The van der Waals surface area contributed by atoms with Gasteiger partial charge in [-0.15, -0.1) is 21.5 Å². The van der Waals surface area contributed by atoms with Crippen LogP contribution < -0.4 is 5.32 Å². The predicted molar refractivity (Wildman–Crippen MR) is 123 cm³/mol.